The van der Waals surface area contributed by atoms with Crippen LogP contribution in [0, 0.1) is 0 Å². The van der Waals surface area contributed by atoms with E-state index < -0.39 is 0 Å². The van der Waals surface area contributed by atoms with Gasteiger partial charge in [0.15, 0.2) is 0 Å². The summed E-state index contributed by atoms with van der Waals surface area (Å²) in [5.74, 6) is 0.664. The quantitative estimate of drug-likeness (QED) is 0.673. The van der Waals surface area contributed by atoms with Gasteiger partial charge in [0, 0.05) is 25.2 Å². The van der Waals surface area contributed by atoms with Crippen molar-refractivity contribution in [1.82, 2.24) is 15.1 Å². The van der Waals surface area contributed by atoms with Crippen molar-refractivity contribution in [1.29, 1.82) is 0 Å². The number of carbonyl (C=O) groups excluding carboxylic acids is 1. The van der Waals surface area contributed by atoms with E-state index in [9.17, 15) is 4.79 Å². The highest BCUT2D eigenvalue weighted by molar-refractivity contribution is 5.97. The molecule has 1 unspecified atom stereocenters. The van der Waals surface area contributed by atoms with Gasteiger partial charge in [0.25, 0.3) is 5.91 Å². The summed E-state index contributed by atoms with van der Waals surface area (Å²) in [6.45, 7) is 0.391. The van der Waals surface area contributed by atoms with E-state index in [0.29, 0.717) is 18.5 Å². The van der Waals surface area contributed by atoms with Gasteiger partial charge >= 0.3 is 0 Å². The summed E-state index contributed by atoms with van der Waals surface area (Å²) < 4.78 is 6.86. The zero-order chi connectivity index (χ0) is 20.1. The van der Waals surface area contributed by atoms with Crippen LogP contribution in [0.2, 0.25) is 0 Å². The normalized spacial score (nSPS) is 15.5. The lowest BCUT2D eigenvalue weighted by Crippen LogP contribution is -2.33. The number of aromatic nitrogens is 2. The third kappa shape index (κ3) is 4.45. The molecule has 1 aromatic heterocycles. The predicted molar refractivity (Wildman–Crippen MR) is 110 cm³/mol. The van der Waals surface area contributed by atoms with Crippen LogP contribution in [0.15, 0.2) is 72.1 Å². The zero-order valence-electron chi connectivity index (χ0n) is 16.1. The molecule has 0 spiro atoms. The van der Waals surface area contributed by atoms with Gasteiger partial charge in [0.1, 0.15) is 11.9 Å². The molecule has 1 N–H and O–H groups in total. The highest BCUT2D eigenvalue weighted by Gasteiger charge is 2.22. The molecule has 1 amide bonds. The smallest absolute Gasteiger partial charge is 0.253 e. The van der Waals surface area contributed by atoms with Crippen molar-refractivity contribution in [2.75, 3.05) is 13.7 Å². The first-order valence-electron chi connectivity index (χ1n) is 9.44. The third-order valence-electron chi connectivity index (χ3n) is 4.75. The maximum Gasteiger partial charge on any atom is 0.253 e. The fourth-order valence-corrected chi connectivity index (χ4v) is 3.26. The molecular formula is C22H22N4O3. The highest BCUT2D eigenvalue weighted by Crippen LogP contribution is 2.17. The Hall–Kier alpha value is -3.61. The lowest BCUT2D eigenvalue weighted by molar-refractivity contribution is 0.0753. The van der Waals surface area contributed by atoms with Gasteiger partial charge in [0.05, 0.1) is 30.6 Å². The van der Waals surface area contributed by atoms with Crippen LogP contribution in [0.4, 0.5) is 0 Å². The molecular weight excluding hydrogens is 368 g/mol. The van der Waals surface area contributed by atoms with Gasteiger partial charge in [-0.2, -0.15) is 5.10 Å². The number of ether oxygens (including phenoxy) is 1. The summed E-state index contributed by atoms with van der Waals surface area (Å²) >= 11 is 0. The van der Waals surface area contributed by atoms with E-state index in [1.165, 1.54) is 0 Å². The van der Waals surface area contributed by atoms with Crippen LogP contribution >= 0.6 is 0 Å². The van der Waals surface area contributed by atoms with Gasteiger partial charge in [-0.15, -0.1) is 0 Å². The first-order valence-corrected chi connectivity index (χ1v) is 9.44. The number of para-hydroxylation sites is 1. The molecule has 1 aliphatic heterocycles. The molecule has 0 aliphatic carbocycles. The Morgan fingerprint density at radius 2 is 2.03 bits per heavy atom. The molecule has 7 heteroatoms. The Morgan fingerprint density at radius 3 is 2.79 bits per heavy atom. The molecule has 1 aliphatic rings. The van der Waals surface area contributed by atoms with E-state index >= 15 is 0 Å². The minimum atomic E-state index is -0.164. The van der Waals surface area contributed by atoms with E-state index in [2.05, 4.69) is 15.6 Å². The van der Waals surface area contributed by atoms with Crippen LogP contribution in [-0.4, -0.2) is 41.2 Å². The summed E-state index contributed by atoms with van der Waals surface area (Å²) in [5, 5.41) is 11.3. The molecule has 0 radical (unpaired) electrons. The van der Waals surface area contributed by atoms with E-state index in [1.807, 2.05) is 54.7 Å². The van der Waals surface area contributed by atoms with Crippen molar-refractivity contribution in [2.45, 2.75) is 18.9 Å². The molecule has 148 valence electrons. The lowest BCUT2D eigenvalue weighted by Gasteiger charge is -2.12. The van der Waals surface area contributed by atoms with E-state index in [0.717, 1.165) is 29.1 Å². The van der Waals surface area contributed by atoms with Crippen molar-refractivity contribution < 1.29 is 14.4 Å². The molecule has 2 aromatic carbocycles. The third-order valence-corrected chi connectivity index (χ3v) is 4.75. The lowest BCUT2D eigenvalue weighted by atomic mass is 10.0. The Morgan fingerprint density at radius 1 is 1.21 bits per heavy atom. The Labute approximate surface area is 168 Å². The molecule has 1 atom stereocenters. The maximum atomic E-state index is 12.7. The van der Waals surface area contributed by atoms with Crippen molar-refractivity contribution >= 4 is 11.6 Å². The number of hydrogen-bond acceptors (Lipinski definition) is 5. The second-order valence-corrected chi connectivity index (χ2v) is 6.79. The van der Waals surface area contributed by atoms with Crippen LogP contribution < -0.4 is 10.1 Å². The van der Waals surface area contributed by atoms with Gasteiger partial charge in [-0.1, -0.05) is 29.4 Å². The second kappa shape index (κ2) is 8.60. The van der Waals surface area contributed by atoms with Crippen molar-refractivity contribution in [2.24, 2.45) is 5.16 Å². The van der Waals surface area contributed by atoms with Gasteiger partial charge < -0.3 is 14.9 Å². The minimum Gasteiger partial charge on any atom is -0.497 e. The van der Waals surface area contributed by atoms with E-state index in [1.54, 1.807) is 24.1 Å². The Bertz CT molecular complexity index is 997. The molecule has 2 heterocycles. The Balaban J connectivity index is 1.31. The molecule has 7 nitrogen and oxygen atoms in total. The van der Waals surface area contributed by atoms with Crippen molar-refractivity contribution in [3.05, 3.63) is 78.1 Å². The van der Waals surface area contributed by atoms with Crippen LogP contribution in [0.5, 0.6) is 5.75 Å². The minimum absolute atomic E-state index is 0.163. The SMILES string of the molecule is COc1ccc(CC2=NOC(CNC(=O)c3ccccc3-n3cccn3)C2)cc1. The molecule has 0 saturated carbocycles. The zero-order valence-corrected chi connectivity index (χ0v) is 16.1. The average molecular weight is 390 g/mol. The summed E-state index contributed by atoms with van der Waals surface area (Å²) in [6.07, 6.45) is 4.74. The van der Waals surface area contributed by atoms with E-state index in [-0.39, 0.29) is 12.0 Å². The average Bonchev–Trinajstić information content (AvgIpc) is 3.45. The molecule has 0 saturated heterocycles. The molecule has 0 fully saturated rings. The van der Waals surface area contributed by atoms with Crippen LogP contribution in [0.1, 0.15) is 22.3 Å². The number of oxime groups is 1. The van der Waals surface area contributed by atoms with Gasteiger partial charge in [-0.25, -0.2) is 4.68 Å². The van der Waals surface area contributed by atoms with Crippen LogP contribution in [0.25, 0.3) is 5.69 Å². The molecule has 29 heavy (non-hydrogen) atoms. The first kappa shape index (κ1) is 18.7. The van der Waals surface area contributed by atoms with Crippen molar-refractivity contribution in [3.8, 4) is 11.4 Å². The number of rotatable bonds is 7. The number of methoxy groups -OCH3 is 1. The second-order valence-electron chi connectivity index (χ2n) is 6.79. The fraction of sp³-hybridized carbons (Fsp3) is 0.227. The molecule has 3 aromatic rings. The topological polar surface area (TPSA) is 77.7 Å². The van der Waals surface area contributed by atoms with Gasteiger partial charge in [-0.3, -0.25) is 4.79 Å². The van der Waals surface area contributed by atoms with Crippen molar-refractivity contribution in [3.63, 3.8) is 0 Å². The Kier molecular flexibility index (Phi) is 5.56. The summed E-state index contributed by atoms with van der Waals surface area (Å²) in [6, 6.07) is 17.1. The summed E-state index contributed by atoms with van der Waals surface area (Å²) in [5.41, 5.74) is 3.41. The van der Waals surface area contributed by atoms with Gasteiger partial charge in [0.2, 0.25) is 0 Å². The van der Waals surface area contributed by atoms with E-state index in [4.69, 9.17) is 9.57 Å². The standard InChI is InChI=1S/C22H22N4O3/c1-28-18-9-7-16(8-10-18)13-17-14-19(29-25-17)15-23-22(27)20-5-2-3-6-21(20)26-12-4-11-24-26/h2-12,19H,13-15H2,1H3,(H,23,27). The number of nitrogens with zero attached hydrogens (tertiary/aromatic N) is 3. The molecule has 4 rings (SSSR count). The highest BCUT2D eigenvalue weighted by atomic mass is 16.6. The number of amides is 1. The number of benzene rings is 2. The first-order chi connectivity index (χ1) is 14.2. The number of hydrogen-bond donors (Lipinski definition) is 1. The number of nitrogens with one attached hydrogen (secondary N) is 1. The number of carbonyl (C=O) groups is 1. The largest absolute Gasteiger partial charge is 0.497 e. The molecule has 0 bridgehead atoms. The summed E-state index contributed by atoms with van der Waals surface area (Å²) in [7, 11) is 1.65. The predicted octanol–water partition coefficient (Wildman–Crippen LogP) is 3.00. The monoisotopic (exact) mass is 390 g/mol. The van der Waals surface area contributed by atoms with Crippen LogP contribution in [-0.2, 0) is 11.3 Å². The van der Waals surface area contributed by atoms with Gasteiger partial charge in [-0.05, 0) is 35.9 Å². The maximum absolute atomic E-state index is 12.7. The van der Waals surface area contributed by atoms with Crippen LogP contribution in [0.3, 0.4) is 0 Å². The fourth-order valence-electron chi connectivity index (χ4n) is 3.26. The summed E-state index contributed by atoms with van der Waals surface area (Å²) in [4.78, 5) is 18.2.